The Kier molecular flexibility index (Phi) is 6.41. The number of benzene rings is 1. The van der Waals surface area contributed by atoms with Crippen LogP contribution in [0, 0.1) is 0 Å². The van der Waals surface area contributed by atoms with Gasteiger partial charge in [-0.05, 0) is 37.0 Å². The molecule has 5 heteroatoms. The number of phenolic OH excluding ortho intramolecular Hbond substituents is 1. The van der Waals surface area contributed by atoms with Gasteiger partial charge in [0.05, 0.1) is 12.8 Å². The smallest absolute Gasteiger partial charge is 0.328 e. The number of aromatic hydroxyl groups is 1. The summed E-state index contributed by atoms with van der Waals surface area (Å²) >= 11 is 0. The zero-order valence-corrected chi connectivity index (χ0v) is 11.6. The Morgan fingerprint density at radius 2 is 1.89 bits per heavy atom. The molecule has 0 aromatic heterocycles. The molecule has 1 unspecified atom stereocenters. The van der Waals surface area contributed by atoms with Crippen molar-refractivity contribution in [2.75, 3.05) is 12.8 Å². The van der Waals surface area contributed by atoms with Crippen molar-refractivity contribution in [2.24, 2.45) is 0 Å². The third-order valence-electron chi connectivity index (χ3n) is 2.63. The van der Waals surface area contributed by atoms with Crippen LogP contribution in [0.15, 0.2) is 24.3 Å². The van der Waals surface area contributed by atoms with E-state index in [4.69, 9.17) is 9.63 Å². The summed E-state index contributed by atoms with van der Waals surface area (Å²) in [6.45, 7) is 2.36. The molecule has 1 rings (SSSR count). The van der Waals surface area contributed by atoms with E-state index in [2.05, 4.69) is 0 Å². The summed E-state index contributed by atoms with van der Waals surface area (Å²) in [5.41, 5.74) is 1.04. The van der Waals surface area contributed by atoms with Crippen LogP contribution in [0.1, 0.15) is 31.7 Å². The van der Waals surface area contributed by atoms with Gasteiger partial charge in [0.15, 0.2) is 0 Å². The average Bonchev–Trinajstić information content (AvgIpc) is 2.32. The molecule has 1 atom stereocenters. The van der Waals surface area contributed by atoms with E-state index in [-0.39, 0.29) is 11.9 Å². The molecule has 2 N–H and O–H groups in total. The molecule has 0 aliphatic carbocycles. The lowest BCUT2D eigenvalue weighted by atomic mass is 10.1. The van der Waals surface area contributed by atoms with Crippen LogP contribution in [-0.2, 0) is 15.5 Å². The number of phenols is 1. The summed E-state index contributed by atoms with van der Waals surface area (Å²) in [5, 5.41) is 9.13. The minimum Gasteiger partial charge on any atom is -0.508 e. The van der Waals surface area contributed by atoms with Crippen LogP contribution in [0.4, 0.5) is 0 Å². The Morgan fingerprint density at radius 3 is 2.50 bits per heavy atom. The van der Waals surface area contributed by atoms with Gasteiger partial charge in [-0.25, -0.2) is 0 Å². The van der Waals surface area contributed by atoms with Gasteiger partial charge in [0, 0.05) is 0 Å². The van der Waals surface area contributed by atoms with Gasteiger partial charge >= 0.3 is 7.60 Å². The summed E-state index contributed by atoms with van der Waals surface area (Å²) < 4.78 is 16.6. The van der Waals surface area contributed by atoms with Crippen LogP contribution in [0.5, 0.6) is 5.75 Å². The third-order valence-corrected chi connectivity index (χ3v) is 4.10. The quantitative estimate of drug-likeness (QED) is 0.562. The van der Waals surface area contributed by atoms with E-state index < -0.39 is 7.60 Å². The number of rotatable bonds is 8. The highest BCUT2D eigenvalue weighted by molar-refractivity contribution is 7.52. The first-order chi connectivity index (χ1) is 8.53. The summed E-state index contributed by atoms with van der Waals surface area (Å²) in [6.07, 6.45) is 3.25. The molecular weight excluding hydrogens is 251 g/mol. The maximum Gasteiger partial charge on any atom is 0.328 e. The highest BCUT2D eigenvalue weighted by atomic mass is 31.2. The zero-order valence-electron chi connectivity index (χ0n) is 10.7. The van der Waals surface area contributed by atoms with E-state index in [0.717, 1.165) is 18.4 Å². The SMILES string of the molecule is CCCCOP(=O)(O)CCCc1ccc(O)cc1. The molecule has 18 heavy (non-hydrogen) atoms. The first-order valence-corrected chi connectivity index (χ1v) is 8.04. The second-order valence-electron chi connectivity index (χ2n) is 4.32. The van der Waals surface area contributed by atoms with Gasteiger partial charge in [-0.2, -0.15) is 0 Å². The number of aryl methyl sites for hydroxylation is 1. The minimum absolute atomic E-state index is 0.178. The topological polar surface area (TPSA) is 66.8 Å². The first kappa shape index (κ1) is 15.2. The van der Waals surface area contributed by atoms with Crippen molar-refractivity contribution in [3.8, 4) is 5.75 Å². The Labute approximate surface area is 108 Å². The predicted molar refractivity (Wildman–Crippen MR) is 72.0 cm³/mol. The van der Waals surface area contributed by atoms with Crippen molar-refractivity contribution in [1.82, 2.24) is 0 Å². The maximum atomic E-state index is 11.6. The second kappa shape index (κ2) is 7.57. The molecule has 0 saturated heterocycles. The standard InChI is InChI=1S/C13H21O4P/c1-2-3-10-17-18(15,16)11-4-5-12-6-8-13(14)9-7-12/h6-9,14H,2-5,10-11H2,1H3,(H,15,16). The molecule has 0 radical (unpaired) electrons. The molecule has 4 nitrogen and oxygen atoms in total. The Hall–Kier alpha value is -0.830. The van der Waals surface area contributed by atoms with Gasteiger partial charge in [-0.15, -0.1) is 0 Å². The molecule has 0 spiro atoms. The fourth-order valence-corrected chi connectivity index (χ4v) is 2.66. The van der Waals surface area contributed by atoms with E-state index in [1.165, 1.54) is 0 Å². The molecule has 102 valence electrons. The van der Waals surface area contributed by atoms with Crippen LogP contribution in [0.2, 0.25) is 0 Å². The summed E-state index contributed by atoms with van der Waals surface area (Å²) in [5.74, 6) is 0.231. The number of hydrogen-bond acceptors (Lipinski definition) is 3. The lowest BCUT2D eigenvalue weighted by Crippen LogP contribution is -1.98. The fourth-order valence-electron chi connectivity index (χ4n) is 1.56. The molecule has 1 aromatic rings. The van der Waals surface area contributed by atoms with Crippen molar-refractivity contribution in [1.29, 1.82) is 0 Å². The third kappa shape index (κ3) is 6.20. The van der Waals surface area contributed by atoms with Crippen molar-refractivity contribution >= 4 is 7.60 Å². The van der Waals surface area contributed by atoms with Crippen molar-refractivity contribution < 1.29 is 19.1 Å². The molecule has 0 amide bonds. The van der Waals surface area contributed by atoms with Gasteiger partial charge in [-0.1, -0.05) is 25.5 Å². The van der Waals surface area contributed by atoms with Crippen LogP contribution < -0.4 is 0 Å². The van der Waals surface area contributed by atoms with Gasteiger partial charge in [-0.3, -0.25) is 4.57 Å². The highest BCUT2D eigenvalue weighted by Crippen LogP contribution is 2.42. The van der Waals surface area contributed by atoms with E-state index in [1.807, 2.05) is 19.1 Å². The van der Waals surface area contributed by atoms with E-state index in [1.54, 1.807) is 12.1 Å². The lowest BCUT2D eigenvalue weighted by molar-refractivity contribution is 0.254. The molecule has 0 aliphatic heterocycles. The lowest BCUT2D eigenvalue weighted by Gasteiger charge is -2.11. The largest absolute Gasteiger partial charge is 0.508 e. The summed E-state index contributed by atoms with van der Waals surface area (Å²) in [6, 6.07) is 6.86. The van der Waals surface area contributed by atoms with E-state index >= 15 is 0 Å². The molecule has 0 aliphatic rings. The predicted octanol–water partition coefficient (Wildman–Crippen LogP) is 3.33. The average molecular weight is 272 g/mol. The molecule has 0 bridgehead atoms. The molecule has 0 fully saturated rings. The molecule has 0 saturated carbocycles. The van der Waals surface area contributed by atoms with Crippen molar-refractivity contribution in [2.45, 2.75) is 32.6 Å². The Morgan fingerprint density at radius 1 is 1.22 bits per heavy atom. The molecular formula is C13H21O4P. The summed E-state index contributed by atoms with van der Waals surface area (Å²) in [4.78, 5) is 9.56. The fraction of sp³-hybridized carbons (Fsp3) is 0.538. The number of unbranched alkanes of at least 4 members (excludes halogenated alkanes) is 1. The Balaban J connectivity index is 2.27. The van der Waals surface area contributed by atoms with Crippen LogP contribution in [-0.4, -0.2) is 22.8 Å². The van der Waals surface area contributed by atoms with Crippen molar-refractivity contribution in [3.05, 3.63) is 29.8 Å². The second-order valence-corrected chi connectivity index (χ2v) is 6.30. The Bertz CT molecular complexity index is 388. The normalized spacial score (nSPS) is 14.3. The summed E-state index contributed by atoms with van der Waals surface area (Å²) in [7, 11) is -3.42. The van der Waals surface area contributed by atoms with Gasteiger partial charge in [0.25, 0.3) is 0 Å². The van der Waals surface area contributed by atoms with E-state index in [9.17, 15) is 9.46 Å². The van der Waals surface area contributed by atoms with Crippen LogP contribution >= 0.6 is 7.60 Å². The van der Waals surface area contributed by atoms with Crippen LogP contribution in [0.25, 0.3) is 0 Å². The molecule has 1 aromatic carbocycles. The molecule has 0 heterocycles. The zero-order chi connectivity index (χ0) is 13.4. The first-order valence-electron chi connectivity index (χ1n) is 6.28. The minimum atomic E-state index is -3.42. The monoisotopic (exact) mass is 272 g/mol. The van der Waals surface area contributed by atoms with Crippen molar-refractivity contribution in [3.63, 3.8) is 0 Å². The van der Waals surface area contributed by atoms with E-state index in [0.29, 0.717) is 19.4 Å². The maximum absolute atomic E-state index is 11.6. The van der Waals surface area contributed by atoms with Gasteiger partial charge in [0.1, 0.15) is 5.75 Å². The van der Waals surface area contributed by atoms with Crippen LogP contribution in [0.3, 0.4) is 0 Å². The van der Waals surface area contributed by atoms with Gasteiger partial charge in [0.2, 0.25) is 0 Å². The van der Waals surface area contributed by atoms with Gasteiger partial charge < -0.3 is 14.5 Å². The number of hydrogen-bond donors (Lipinski definition) is 2. The highest BCUT2D eigenvalue weighted by Gasteiger charge is 2.17.